The van der Waals surface area contributed by atoms with Gasteiger partial charge in [-0.15, -0.1) is 0 Å². The van der Waals surface area contributed by atoms with Gasteiger partial charge < -0.3 is 11.2 Å². The highest BCUT2D eigenvalue weighted by Crippen LogP contribution is 2.33. The van der Waals surface area contributed by atoms with Gasteiger partial charge in [-0.1, -0.05) is 31.4 Å². The van der Waals surface area contributed by atoms with Crippen molar-refractivity contribution in [1.29, 1.82) is 0 Å². The monoisotopic (exact) mass is 298 g/mol. The summed E-state index contributed by atoms with van der Waals surface area (Å²) in [6.45, 7) is 1.70. The van der Waals surface area contributed by atoms with E-state index in [1.165, 1.54) is 43.9 Å². The number of nitrogen functional groups attached to an aromatic ring is 1. The number of hydrogen-bond acceptors (Lipinski definition) is 4. The smallest absolute Gasteiger partial charge is 0.276 e. The van der Waals surface area contributed by atoms with E-state index < -0.39 is 0 Å². The minimum atomic E-state index is -0.240. The Labute approximate surface area is 130 Å². The number of nitrogens with zero attached hydrogens (tertiary/aromatic N) is 2. The van der Waals surface area contributed by atoms with E-state index in [1.807, 2.05) is 12.1 Å². The predicted octanol–water partition coefficient (Wildman–Crippen LogP) is 3.06. The summed E-state index contributed by atoms with van der Waals surface area (Å²) >= 11 is 0. The van der Waals surface area contributed by atoms with Crippen LogP contribution in [0.15, 0.2) is 35.3 Å². The van der Waals surface area contributed by atoms with Crippen LogP contribution in [0.5, 0.6) is 0 Å². The van der Waals surface area contributed by atoms with Crippen LogP contribution in [0.1, 0.15) is 49.1 Å². The van der Waals surface area contributed by atoms with Gasteiger partial charge in [-0.05, 0) is 43.4 Å². The highest BCUT2D eigenvalue weighted by Gasteiger charge is 2.15. The first-order valence-electron chi connectivity index (χ1n) is 7.86. The molecule has 0 saturated heterocycles. The Balaban J connectivity index is 1.76. The van der Waals surface area contributed by atoms with Crippen molar-refractivity contribution >= 4 is 11.6 Å². The molecule has 1 aliphatic rings. The number of anilines is 2. The lowest BCUT2D eigenvalue weighted by Gasteiger charge is -2.22. The molecule has 0 bridgehead atoms. The molecule has 5 heteroatoms. The van der Waals surface area contributed by atoms with Crippen LogP contribution >= 0.6 is 0 Å². The van der Waals surface area contributed by atoms with E-state index in [0.29, 0.717) is 17.4 Å². The lowest BCUT2D eigenvalue weighted by molar-refractivity contribution is 0.443. The molecular formula is C17H22N4O. The highest BCUT2D eigenvalue weighted by atomic mass is 16.1. The molecule has 1 heterocycles. The Morgan fingerprint density at radius 2 is 1.86 bits per heavy atom. The fourth-order valence-corrected chi connectivity index (χ4v) is 3.06. The zero-order valence-corrected chi connectivity index (χ0v) is 12.9. The fourth-order valence-electron chi connectivity index (χ4n) is 3.06. The summed E-state index contributed by atoms with van der Waals surface area (Å²) in [4.78, 5) is 16.0. The largest absolute Gasteiger partial charge is 0.333 e. The third-order valence-corrected chi connectivity index (χ3v) is 4.41. The van der Waals surface area contributed by atoms with Gasteiger partial charge in [0, 0.05) is 17.4 Å². The SMILES string of the molecule is Cc1cnc(Nc2ccc(C3CCCCC3)cc2)n(N)c1=O. The van der Waals surface area contributed by atoms with Crippen molar-refractivity contribution in [3.63, 3.8) is 0 Å². The van der Waals surface area contributed by atoms with E-state index in [9.17, 15) is 4.79 Å². The van der Waals surface area contributed by atoms with Crippen molar-refractivity contribution in [3.05, 3.63) is 51.9 Å². The van der Waals surface area contributed by atoms with E-state index in [4.69, 9.17) is 5.84 Å². The molecule has 2 aromatic rings. The van der Waals surface area contributed by atoms with E-state index in [-0.39, 0.29) is 5.56 Å². The van der Waals surface area contributed by atoms with Crippen molar-refractivity contribution in [2.45, 2.75) is 44.9 Å². The molecule has 0 spiro atoms. The fraction of sp³-hybridized carbons (Fsp3) is 0.412. The van der Waals surface area contributed by atoms with Gasteiger partial charge in [-0.3, -0.25) is 4.79 Å². The average Bonchev–Trinajstić information content (AvgIpc) is 2.57. The number of nitrogens with one attached hydrogen (secondary N) is 1. The molecule has 116 valence electrons. The van der Waals surface area contributed by atoms with Crippen LogP contribution in [-0.4, -0.2) is 9.66 Å². The van der Waals surface area contributed by atoms with Crippen LogP contribution in [0.3, 0.4) is 0 Å². The average molecular weight is 298 g/mol. The molecule has 1 saturated carbocycles. The van der Waals surface area contributed by atoms with Gasteiger partial charge in [0.15, 0.2) is 0 Å². The number of benzene rings is 1. The first kappa shape index (κ1) is 14.6. The molecule has 22 heavy (non-hydrogen) atoms. The van der Waals surface area contributed by atoms with Crippen LogP contribution in [0, 0.1) is 6.92 Å². The van der Waals surface area contributed by atoms with Crippen molar-refractivity contribution in [3.8, 4) is 0 Å². The minimum Gasteiger partial charge on any atom is -0.333 e. The molecule has 0 atom stereocenters. The van der Waals surface area contributed by atoms with Gasteiger partial charge in [0.2, 0.25) is 5.95 Å². The quantitative estimate of drug-likeness (QED) is 0.854. The van der Waals surface area contributed by atoms with Gasteiger partial charge in [0.05, 0.1) is 0 Å². The summed E-state index contributed by atoms with van der Waals surface area (Å²) in [5, 5.41) is 3.10. The summed E-state index contributed by atoms with van der Waals surface area (Å²) in [5.74, 6) is 6.79. The predicted molar refractivity (Wildman–Crippen MR) is 88.9 cm³/mol. The van der Waals surface area contributed by atoms with Gasteiger partial charge in [0.25, 0.3) is 5.56 Å². The minimum absolute atomic E-state index is 0.240. The molecular weight excluding hydrogens is 276 g/mol. The van der Waals surface area contributed by atoms with Gasteiger partial charge >= 0.3 is 0 Å². The number of aryl methyl sites for hydroxylation is 1. The first-order chi connectivity index (χ1) is 10.6. The summed E-state index contributed by atoms with van der Waals surface area (Å²) in [6, 6.07) is 8.36. The maximum absolute atomic E-state index is 11.8. The van der Waals surface area contributed by atoms with Gasteiger partial charge in [-0.2, -0.15) is 4.68 Å². The van der Waals surface area contributed by atoms with E-state index in [1.54, 1.807) is 6.92 Å². The van der Waals surface area contributed by atoms with Crippen molar-refractivity contribution in [2.24, 2.45) is 0 Å². The molecule has 0 amide bonds. The van der Waals surface area contributed by atoms with E-state index in [0.717, 1.165) is 10.4 Å². The third kappa shape index (κ3) is 2.98. The summed E-state index contributed by atoms with van der Waals surface area (Å²) in [5.41, 5.74) is 2.57. The molecule has 1 aromatic heterocycles. The normalized spacial score (nSPS) is 15.7. The van der Waals surface area contributed by atoms with E-state index >= 15 is 0 Å². The van der Waals surface area contributed by atoms with Crippen LogP contribution in [0.2, 0.25) is 0 Å². The summed E-state index contributed by atoms with van der Waals surface area (Å²) in [6.07, 6.45) is 8.13. The number of rotatable bonds is 3. The Kier molecular flexibility index (Phi) is 4.13. The summed E-state index contributed by atoms with van der Waals surface area (Å²) < 4.78 is 1.05. The lowest BCUT2D eigenvalue weighted by Crippen LogP contribution is -2.31. The second-order valence-corrected chi connectivity index (χ2v) is 6.02. The van der Waals surface area contributed by atoms with E-state index in [2.05, 4.69) is 22.4 Å². The second-order valence-electron chi connectivity index (χ2n) is 6.02. The Morgan fingerprint density at radius 1 is 1.18 bits per heavy atom. The van der Waals surface area contributed by atoms with Gasteiger partial charge in [0.1, 0.15) is 0 Å². The Hall–Kier alpha value is -2.30. The number of hydrogen-bond donors (Lipinski definition) is 2. The molecule has 1 fully saturated rings. The number of nitrogens with two attached hydrogens (primary N) is 1. The van der Waals surface area contributed by atoms with Crippen LogP contribution < -0.4 is 16.7 Å². The van der Waals surface area contributed by atoms with Crippen molar-refractivity contribution < 1.29 is 0 Å². The molecule has 3 rings (SSSR count). The molecule has 1 aliphatic carbocycles. The molecule has 3 N–H and O–H groups in total. The lowest BCUT2D eigenvalue weighted by atomic mass is 9.84. The molecule has 1 aromatic carbocycles. The standard InChI is InChI=1S/C17H22N4O/c1-12-11-19-17(21(18)16(12)22)20-15-9-7-14(8-10-15)13-5-3-2-4-6-13/h7-11,13H,2-6,18H2,1H3,(H,19,20). The molecule has 5 nitrogen and oxygen atoms in total. The zero-order chi connectivity index (χ0) is 15.5. The maximum Gasteiger partial charge on any atom is 0.276 e. The van der Waals surface area contributed by atoms with Crippen LogP contribution in [0.25, 0.3) is 0 Å². The Morgan fingerprint density at radius 3 is 2.55 bits per heavy atom. The van der Waals surface area contributed by atoms with Crippen molar-refractivity contribution in [2.75, 3.05) is 11.2 Å². The first-order valence-corrected chi connectivity index (χ1v) is 7.86. The highest BCUT2D eigenvalue weighted by molar-refractivity contribution is 5.54. The van der Waals surface area contributed by atoms with Gasteiger partial charge in [-0.25, -0.2) is 4.98 Å². The maximum atomic E-state index is 11.8. The summed E-state index contributed by atoms with van der Waals surface area (Å²) in [7, 11) is 0. The molecule has 0 unspecified atom stereocenters. The topological polar surface area (TPSA) is 72.9 Å². The zero-order valence-electron chi connectivity index (χ0n) is 12.9. The van der Waals surface area contributed by atoms with Crippen molar-refractivity contribution in [1.82, 2.24) is 9.66 Å². The third-order valence-electron chi connectivity index (χ3n) is 4.41. The van der Waals surface area contributed by atoms with Crippen LogP contribution in [-0.2, 0) is 0 Å². The Bertz CT molecular complexity index is 700. The van der Waals surface area contributed by atoms with Crippen LogP contribution in [0.4, 0.5) is 11.6 Å². The molecule has 0 aliphatic heterocycles. The molecule has 0 radical (unpaired) electrons. The second kappa shape index (κ2) is 6.22. The number of aromatic nitrogens is 2.